The highest BCUT2D eigenvalue weighted by Crippen LogP contribution is 2.18. The van der Waals surface area contributed by atoms with E-state index in [1.165, 1.54) is 12.3 Å². The van der Waals surface area contributed by atoms with Crippen LogP contribution < -0.4 is 15.5 Å². The van der Waals surface area contributed by atoms with Crippen LogP contribution in [0.4, 0.5) is 10.1 Å². The van der Waals surface area contributed by atoms with Crippen molar-refractivity contribution in [1.29, 1.82) is 0 Å². The maximum atomic E-state index is 14.1. The molecule has 0 aliphatic carbocycles. The molecule has 0 saturated heterocycles. The Bertz CT molecular complexity index is 942. The third kappa shape index (κ3) is 7.05. The van der Waals surface area contributed by atoms with Crippen molar-refractivity contribution in [1.82, 2.24) is 10.6 Å². The maximum Gasteiger partial charge on any atom is 0.191 e. The second-order valence-corrected chi connectivity index (χ2v) is 8.98. The molecule has 0 aromatic heterocycles. The average molecular weight is 421 g/mol. The lowest BCUT2D eigenvalue weighted by molar-refractivity contribution is 0.602. The Morgan fingerprint density at radius 3 is 2.28 bits per heavy atom. The summed E-state index contributed by atoms with van der Waals surface area (Å²) in [6.07, 6.45) is 1.92. The van der Waals surface area contributed by atoms with Crippen molar-refractivity contribution >= 4 is 21.5 Å². The van der Waals surface area contributed by atoms with Crippen molar-refractivity contribution < 1.29 is 12.8 Å². The van der Waals surface area contributed by atoms with Crippen molar-refractivity contribution in [2.24, 2.45) is 4.99 Å². The van der Waals surface area contributed by atoms with E-state index < -0.39 is 9.84 Å². The predicted molar refractivity (Wildman–Crippen MR) is 117 cm³/mol. The Labute approximate surface area is 172 Å². The second kappa shape index (κ2) is 10.2. The zero-order chi connectivity index (χ0) is 21.4. The van der Waals surface area contributed by atoms with Crippen LogP contribution in [0.1, 0.15) is 18.1 Å². The Morgan fingerprint density at radius 1 is 1.07 bits per heavy atom. The Hall–Kier alpha value is -2.61. The van der Waals surface area contributed by atoms with Gasteiger partial charge in [-0.2, -0.15) is 0 Å². The van der Waals surface area contributed by atoms with Gasteiger partial charge in [-0.05, 0) is 48.7 Å². The summed E-state index contributed by atoms with van der Waals surface area (Å²) in [6.45, 7) is 3.69. The number of sulfone groups is 1. The molecule has 0 bridgehead atoms. The first-order valence-corrected chi connectivity index (χ1v) is 11.4. The molecule has 8 heteroatoms. The lowest BCUT2D eigenvalue weighted by Gasteiger charge is -2.14. The van der Waals surface area contributed by atoms with Crippen LogP contribution in [-0.2, 0) is 22.8 Å². The molecule has 2 N–H and O–H groups in total. The number of rotatable bonds is 8. The number of nitrogens with zero attached hydrogens (tertiary/aromatic N) is 2. The van der Waals surface area contributed by atoms with Crippen LogP contribution in [-0.4, -0.2) is 47.8 Å². The van der Waals surface area contributed by atoms with Crippen LogP contribution in [0.25, 0.3) is 0 Å². The SMILES string of the molecule is CCNC(=NCc1ccc(N(C)C)c(F)c1)NCCc1ccc(S(C)(=O)=O)cc1. The van der Waals surface area contributed by atoms with E-state index in [2.05, 4.69) is 15.6 Å². The Kier molecular flexibility index (Phi) is 8.01. The van der Waals surface area contributed by atoms with E-state index in [1.54, 1.807) is 37.2 Å². The minimum Gasteiger partial charge on any atom is -0.375 e. The van der Waals surface area contributed by atoms with Gasteiger partial charge in [0.15, 0.2) is 15.8 Å². The summed E-state index contributed by atoms with van der Waals surface area (Å²) < 4.78 is 37.1. The van der Waals surface area contributed by atoms with Crippen LogP contribution in [0.3, 0.4) is 0 Å². The fraction of sp³-hybridized carbons (Fsp3) is 0.381. The zero-order valence-electron chi connectivity index (χ0n) is 17.4. The third-order valence-electron chi connectivity index (χ3n) is 4.32. The molecule has 0 fully saturated rings. The topological polar surface area (TPSA) is 73.8 Å². The van der Waals surface area contributed by atoms with Gasteiger partial charge in [-0.15, -0.1) is 0 Å². The highest BCUT2D eigenvalue weighted by molar-refractivity contribution is 7.90. The molecule has 0 aliphatic rings. The van der Waals surface area contributed by atoms with Gasteiger partial charge in [-0.1, -0.05) is 18.2 Å². The molecule has 0 spiro atoms. The molecule has 0 radical (unpaired) electrons. The fourth-order valence-corrected chi connectivity index (χ4v) is 3.38. The normalized spacial score (nSPS) is 12.0. The second-order valence-electron chi connectivity index (χ2n) is 6.97. The first-order chi connectivity index (χ1) is 13.7. The van der Waals surface area contributed by atoms with Gasteiger partial charge < -0.3 is 15.5 Å². The molecule has 29 heavy (non-hydrogen) atoms. The van der Waals surface area contributed by atoms with E-state index in [-0.39, 0.29) is 5.82 Å². The van der Waals surface area contributed by atoms with Gasteiger partial charge >= 0.3 is 0 Å². The number of halogens is 1. The van der Waals surface area contributed by atoms with E-state index in [0.29, 0.717) is 36.2 Å². The predicted octanol–water partition coefficient (Wildman–Crippen LogP) is 2.59. The van der Waals surface area contributed by atoms with Gasteiger partial charge in [0.25, 0.3) is 0 Å². The van der Waals surface area contributed by atoms with Crippen molar-refractivity contribution in [3.05, 3.63) is 59.4 Å². The molecule has 0 unspecified atom stereocenters. The van der Waals surface area contributed by atoms with Crippen molar-refractivity contribution in [2.45, 2.75) is 24.8 Å². The van der Waals surface area contributed by atoms with Crippen LogP contribution in [0.5, 0.6) is 0 Å². The minimum absolute atomic E-state index is 0.266. The fourth-order valence-electron chi connectivity index (χ4n) is 2.75. The van der Waals surface area contributed by atoms with Crippen molar-refractivity contribution in [3.8, 4) is 0 Å². The van der Waals surface area contributed by atoms with E-state index in [1.807, 2.05) is 25.1 Å². The van der Waals surface area contributed by atoms with Gasteiger partial charge in [0.1, 0.15) is 5.82 Å². The summed E-state index contributed by atoms with van der Waals surface area (Å²) in [6, 6.07) is 12.0. The van der Waals surface area contributed by atoms with Gasteiger partial charge in [-0.25, -0.2) is 17.8 Å². The summed E-state index contributed by atoms with van der Waals surface area (Å²) in [5, 5.41) is 6.42. The highest BCUT2D eigenvalue weighted by atomic mass is 32.2. The van der Waals surface area contributed by atoms with E-state index in [4.69, 9.17) is 0 Å². The largest absolute Gasteiger partial charge is 0.375 e. The molecule has 0 saturated carbocycles. The van der Waals surface area contributed by atoms with Crippen LogP contribution in [0, 0.1) is 5.82 Å². The number of hydrogen-bond acceptors (Lipinski definition) is 4. The number of hydrogen-bond donors (Lipinski definition) is 2. The van der Waals surface area contributed by atoms with E-state index in [9.17, 15) is 12.8 Å². The van der Waals surface area contributed by atoms with E-state index in [0.717, 1.165) is 17.5 Å². The van der Waals surface area contributed by atoms with Crippen LogP contribution in [0.2, 0.25) is 0 Å². The maximum absolute atomic E-state index is 14.1. The quantitative estimate of drug-likeness (QED) is 0.507. The van der Waals surface area contributed by atoms with Gasteiger partial charge in [-0.3, -0.25) is 0 Å². The standard InChI is InChI=1S/C21H29FN4O2S/c1-5-23-21(25-15-17-8-11-20(26(2)3)19(22)14-17)24-13-12-16-6-9-18(10-7-16)29(4,27)28/h6-11,14H,5,12-13,15H2,1-4H3,(H2,23,24,25). The molecule has 2 aromatic rings. The van der Waals surface area contributed by atoms with Crippen LogP contribution in [0.15, 0.2) is 52.4 Å². The number of anilines is 1. The molecular weight excluding hydrogens is 391 g/mol. The zero-order valence-corrected chi connectivity index (χ0v) is 18.2. The summed E-state index contributed by atoms with van der Waals surface area (Å²) in [4.78, 5) is 6.56. The molecule has 2 aromatic carbocycles. The average Bonchev–Trinajstić information content (AvgIpc) is 2.65. The van der Waals surface area contributed by atoms with Crippen molar-refractivity contribution in [2.75, 3.05) is 38.3 Å². The third-order valence-corrected chi connectivity index (χ3v) is 5.44. The monoisotopic (exact) mass is 420 g/mol. The number of nitrogens with one attached hydrogen (secondary N) is 2. The van der Waals surface area contributed by atoms with Gasteiger partial charge in [0.2, 0.25) is 0 Å². The number of aliphatic imine (C=N–C) groups is 1. The molecule has 158 valence electrons. The summed E-state index contributed by atoms with van der Waals surface area (Å²) >= 11 is 0. The molecule has 2 rings (SSSR count). The smallest absolute Gasteiger partial charge is 0.191 e. The summed E-state index contributed by atoms with van der Waals surface area (Å²) in [5.74, 6) is 0.385. The van der Waals surface area contributed by atoms with Gasteiger partial charge in [0, 0.05) is 33.4 Å². The first kappa shape index (κ1) is 22.7. The summed E-state index contributed by atoms with van der Waals surface area (Å²) in [5.41, 5.74) is 2.37. The lowest BCUT2D eigenvalue weighted by Crippen LogP contribution is -2.38. The Balaban J connectivity index is 1.95. The highest BCUT2D eigenvalue weighted by Gasteiger charge is 2.07. The molecule has 0 atom stereocenters. The molecule has 0 amide bonds. The number of guanidine groups is 1. The summed E-state index contributed by atoms with van der Waals surface area (Å²) in [7, 11) is 0.428. The van der Waals surface area contributed by atoms with Gasteiger partial charge in [0.05, 0.1) is 17.1 Å². The Morgan fingerprint density at radius 2 is 1.72 bits per heavy atom. The minimum atomic E-state index is -3.18. The lowest BCUT2D eigenvalue weighted by atomic mass is 10.1. The van der Waals surface area contributed by atoms with E-state index >= 15 is 0 Å². The number of benzene rings is 2. The molecule has 6 nitrogen and oxygen atoms in total. The molecule has 0 heterocycles. The molecule has 0 aliphatic heterocycles. The first-order valence-electron chi connectivity index (χ1n) is 9.47. The van der Waals surface area contributed by atoms with Crippen LogP contribution >= 0.6 is 0 Å². The molecular formula is C21H29FN4O2S. The van der Waals surface area contributed by atoms with Crippen molar-refractivity contribution in [3.63, 3.8) is 0 Å².